The lowest BCUT2D eigenvalue weighted by atomic mass is 9.73. The molecule has 4 atom stereocenters. The minimum atomic E-state index is -1.58. The second-order valence-corrected chi connectivity index (χ2v) is 8.71. The summed E-state index contributed by atoms with van der Waals surface area (Å²) >= 11 is 1.40. The van der Waals surface area contributed by atoms with Crippen LogP contribution >= 0.6 is 11.3 Å². The molecule has 10 heteroatoms. The third-order valence-corrected chi connectivity index (χ3v) is 6.50. The molecule has 31 heavy (non-hydrogen) atoms. The molecule has 9 nitrogen and oxygen atoms in total. The molecule has 0 radical (unpaired) electrons. The molecule has 3 aromatic rings. The van der Waals surface area contributed by atoms with Crippen LogP contribution in [0.5, 0.6) is 0 Å². The maximum absolute atomic E-state index is 13.0. The van der Waals surface area contributed by atoms with Crippen LogP contribution in [0.15, 0.2) is 42.2 Å². The molecule has 0 saturated heterocycles. The molecule has 1 aliphatic rings. The molecule has 1 aliphatic carbocycles. The predicted molar refractivity (Wildman–Crippen MR) is 117 cm³/mol. The SMILES string of the molecule is CC1(O)[C@H](O)CC(c2ccncc2NC(=O)c2nc(-c3nccs3)ccc2N)C[C@@H]1O. The second kappa shape index (κ2) is 8.31. The zero-order valence-corrected chi connectivity index (χ0v) is 17.6. The molecular weight excluding hydrogens is 418 g/mol. The molecule has 4 rings (SSSR count). The van der Waals surface area contributed by atoms with Crippen molar-refractivity contribution in [2.75, 3.05) is 11.1 Å². The van der Waals surface area contributed by atoms with Crippen molar-refractivity contribution in [3.8, 4) is 10.7 Å². The highest BCUT2D eigenvalue weighted by Gasteiger charge is 2.45. The van der Waals surface area contributed by atoms with E-state index in [4.69, 9.17) is 5.73 Å². The van der Waals surface area contributed by atoms with Gasteiger partial charge in [0.05, 0.1) is 35.5 Å². The first kappa shape index (κ1) is 21.3. The number of amides is 1. The van der Waals surface area contributed by atoms with E-state index in [2.05, 4.69) is 20.3 Å². The molecule has 1 saturated carbocycles. The van der Waals surface area contributed by atoms with Crippen molar-refractivity contribution in [2.24, 2.45) is 0 Å². The van der Waals surface area contributed by atoms with Crippen LogP contribution in [0.3, 0.4) is 0 Å². The fourth-order valence-corrected chi connectivity index (χ4v) is 4.36. The van der Waals surface area contributed by atoms with E-state index in [-0.39, 0.29) is 30.1 Å². The van der Waals surface area contributed by atoms with Gasteiger partial charge in [-0.25, -0.2) is 9.97 Å². The predicted octanol–water partition coefficient (Wildman–Crippen LogP) is 1.78. The Morgan fingerprint density at radius 2 is 1.97 bits per heavy atom. The zero-order chi connectivity index (χ0) is 22.2. The van der Waals surface area contributed by atoms with Gasteiger partial charge < -0.3 is 26.4 Å². The molecule has 0 bridgehead atoms. The Bertz CT molecular complexity index is 1080. The number of thiazole rings is 1. The lowest BCUT2D eigenvalue weighted by molar-refractivity contribution is -0.160. The highest BCUT2D eigenvalue weighted by molar-refractivity contribution is 7.13. The number of nitrogen functional groups attached to an aromatic ring is 1. The van der Waals surface area contributed by atoms with Gasteiger partial charge in [0.1, 0.15) is 10.6 Å². The molecule has 2 unspecified atom stereocenters. The quantitative estimate of drug-likeness (QED) is 0.410. The number of aliphatic hydroxyl groups excluding tert-OH is 2. The van der Waals surface area contributed by atoms with E-state index < -0.39 is 23.7 Å². The highest BCUT2D eigenvalue weighted by Crippen LogP contribution is 2.40. The summed E-state index contributed by atoms with van der Waals surface area (Å²) < 4.78 is 0. The molecule has 3 heterocycles. The fraction of sp³-hybridized carbons (Fsp3) is 0.333. The lowest BCUT2D eigenvalue weighted by Gasteiger charge is -2.42. The number of nitrogens with one attached hydrogen (secondary N) is 1. The van der Waals surface area contributed by atoms with Crippen LogP contribution in [-0.2, 0) is 0 Å². The Hall–Kier alpha value is -2.92. The molecule has 1 fully saturated rings. The number of hydrogen-bond acceptors (Lipinski definition) is 9. The fourth-order valence-electron chi connectivity index (χ4n) is 3.76. The maximum Gasteiger partial charge on any atom is 0.276 e. The first-order chi connectivity index (χ1) is 14.8. The van der Waals surface area contributed by atoms with Crippen molar-refractivity contribution >= 4 is 28.6 Å². The Morgan fingerprint density at radius 3 is 2.65 bits per heavy atom. The van der Waals surface area contributed by atoms with Crippen molar-refractivity contribution in [3.63, 3.8) is 0 Å². The summed E-state index contributed by atoms with van der Waals surface area (Å²) in [7, 11) is 0. The van der Waals surface area contributed by atoms with E-state index >= 15 is 0 Å². The standard InChI is InChI=1S/C21H23N5O4S/c1-21(30)16(27)8-11(9-17(21)28)12-4-5-23-10-15(12)26-19(29)18-13(22)2-3-14(25-18)20-24-6-7-31-20/h2-7,10-11,16-17,27-28,30H,8-9,22H2,1H3,(H,26,29)/t11?,16-,17+,21?. The smallest absolute Gasteiger partial charge is 0.276 e. The summed E-state index contributed by atoms with van der Waals surface area (Å²) in [5.41, 5.74) is 6.38. The molecular formula is C21H23N5O4S. The van der Waals surface area contributed by atoms with Crippen molar-refractivity contribution in [3.05, 3.63) is 53.4 Å². The van der Waals surface area contributed by atoms with Gasteiger partial charge in [0.25, 0.3) is 5.91 Å². The van der Waals surface area contributed by atoms with E-state index in [0.717, 1.165) is 0 Å². The van der Waals surface area contributed by atoms with Gasteiger partial charge in [-0.2, -0.15) is 0 Å². The summed E-state index contributed by atoms with van der Waals surface area (Å²) in [6, 6.07) is 5.04. The summed E-state index contributed by atoms with van der Waals surface area (Å²) in [5, 5.41) is 36.2. The molecule has 6 N–H and O–H groups in total. The number of pyridine rings is 2. The number of aliphatic hydroxyl groups is 3. The van der Waals surface area contributed by atoms with Crippen molar-refractivity contribution < 1.29 is 20.1 Å². The van der Waals surface area contributed by atoms with Crippen molar-refractivity contribution in [1.82, 2.24) is 15.0 Å². The molecule has 162 valence electrons. The number of carbonyl (C=O) groups is 1. The Morgan fingerprint density at radius 1 is 1.23 bits per heavy atom. The van der Waals surface area contributed by atoms with Crippen LogP contribution in [0.2, 0.25) is 0 Å². The van der Waals surface area contributed by atoms with Crippen molar-refractivity contribution in [1.29, 1.82) is 0 Å². The van der Waals surface area contributed by atoms with Crippen LogP contribution in [-0.4, -0.2) is 54.0 Å². The minimum absolute atomic E-state index is 0.0640. The van der Waals surface area contributed by atoms with E-state index in [9.17, 15) is 20.1 Å². The van der Waals surface area contributed by atoms with Gasteiger partial charge in [-0.05, 0) is 49.4 Å². The first-order valence-corrected chi connectivity index (χ1v) is 10.7. The topological polar surface area (TPSA) is 154 Å². The van der Waals surface area contributed by atoms with Crippen LogP contribution < -0.4 is 11.1 Å². The molecule has 3 aromatic heterocycles. The summed E-state index contributed by atoms with van der Waals surface area (Å²) in [6.45, 7) is 1.41. The van der Waals surface area contributed by atoms with Gasteiger partial charge in [0, 0.05) is 17.8 Å². The Kier molecular flexibility index (Phi) is 5.71. The number of nitrogens with two attached hydrogens (primary N) is 1. The first-order valence-electron chi connectivity index (χ1n) is 9.77. The number of aromatic nitrogens is 3. The van der Waals surface area contributed by atoms with Crippen molar-refractivity contribution in [2.45, 2.75) is 43.5 Å². The van der Waals surface area contributed by atoms with Crippen LogP contribution in [0, 0.1) is 0 Å². The number of anilines is 2. The summed E-state index contributed by atoms with van der Waals surface area (Å²) in [4.78, 5) is 25.7. The lowest BCUT2D eigenvalue weighted by Crippen LogP contribution is -2.54. The molecule has 1 amide bonds. The van der Waals surface area contributed by atoms with Crippen LogP contribution in [0.4, 0.5) is 11.4 Å². The molecule has 0 aromatic carbocycles. The van der Waals surface area contributed by atoms with E-state index in [0.29, 0.717) is 22.0 Å². The third-order valence-electron chi connectivity index (χ3n) is 5.70. The molecule has 0 spiro atoms. The van der Waals surface area contributed by atoms with Crippen LogP contribution in [0.1, 0.15) is 41.7 Å². The monoisotopic (exact) mass is 441 g/mol. The minimum Gasteiger partial charge on any atom is -0.397 e. The summed E-state index contributed by atoms with van der Waals surface area (Å²) in [5.74, 6) is -0.787. The van der Waals surface area contributed by atoms with Gasteiger partial charge in [-0.1, -0.05) is 0 Å². The maximum atomic E-state index is 13.0. The van der Waals surface area contributed by atoms with E-state index in [1.54, 1.807) is 30.6 Å². The second-order valence-electron chi connectivity index (χ2n) is 7.81. The van der Waals surface area contributed by atoms with Gasteiger partial charge in [-0.3, -0.25) is 9.78 Å². The third kappa shape index (κ3) is 4.15. The average Bonchev–Trinajstić information content (AvgIpc) is 3.27. The average molecular weight is 442 g/mol. The number of nitrogens with zero attached hydrogens (tertiary/aromatic N) is 3. The van der Waals surface area contributed by atoms with Crippen LogP contribution in [0.25, 0.3) is 10.7 Å². The van der Waals surface area contributed by atoms with Gasteiger partial charge in [0.15, 0.2) is 5.69 Å². The van der Waals surface area contributed by atoms with E-state index in [1.165, 1.54) is 24.5 Å². The van der Waals surface area contributed by atoms with Gasteiger partial charge in [-0.15, -0.1) is 11.3 Å². The number of hydrogen-bond donors (Lipinski definition) is 5. The van der Waals surface area contributed by atoms with Gasteiger partial charge in [0.2, 0.25) is 0 Å². The van der Waals surface area contributed by atoms with E-state index in [1.807, 2.05) is 5.38 Å². The molecule has 0 aliphatic heterocycles. The normalized spacial score (nSPS) is 25.9. The Labute approximate surface area is 182 Å². The summed E-state index contributed by atoms with van der Waals surface area (Å²) in [6.07, 6.45) is 2.99. The number of rotatable bonds is 4. The largest absolute Gasteiger partial charge is 0.397 e. The number of carbonyl (C=O) groups excluding carboxylic acids is 1. The highest BCUT2D eigenvalue weighted by atomic mass is 32.1. The Balaban J connectivity index is 1.60. The zero-order valence-electron chi connectivity index (χ0n) is 16.8. The van der Waals surface area contributed by atoms with Gasteiger partial charge >= 0.3 is 0 Å².